The van der Waals surface area contributed by atoms with Gasteiger partial charge in [-0.15, -0.1) is 11.3 Å². The van der Waals surface area contributed by atoms with Crippen molar-refractivity contribution in [1.82, 2.24) is 14.9 Å². The topological polar surface area (TPSA) is 75.4 Å². The Bertz CT molecular complexity index is 590. The molecular formula is C14H17N5OS. The predicted octanol–water partition coefficient (Wildman–Crippen LogP) is 1.01. The lowest BCUT2D eigenvalue weighted by atomic mass is 10.2. The smallest absolute Gasteiger partial charge is 0.228 e. The second-order valence-electron chi connectivity index (χ2n) is 4.94. The number of pyridine rings is 1. The van der Waals surface area contributed by atoms with Gasteiger partial charge in [0.1, 0.15) is 0 Å². The van der Waals surface area contributed by atoms with E-state index in [1.54, 1.807) is 29.7 Å². The van der Waals surface area contributed by atoms with Crippen molar-refractivity contribution < 1.29 is 4.79 Å². The Morgan fingerprint density at radius 2 is 2.05 bits per heavy atom. The van der Waals surface area contributed by atoms with Gasteiger partial charge in [0.15, 0.2) is 5.13 Å². The number of nitrogens with two attached hydrogens (primary N) is 1. The number of thiazole rings is 1. The molecule has 6 nitrogen and oxygen atoms in total. The lowest BCUT2D eigenvalue weighted by molar-refractivity contribution is -0.130. The van der Waals surface area contributed by atoms with Crippen LogP contribution in [0.3, 0.4) is 0 Å². The van der Waals surface area contributed by atoms with Gasteiger partial charge in [0.2, 0.25) is 5.91 Å². The zero-order chi connectivity index (χ0) is 14.7. The molecule has 0 aromatic carbocycles. The normalized spacial score (nSPS) is 15.2. The average molecular weight is 303 g/mol. The summed E-state index contributed by atoms with van der Waals surface area (Å²) in [7, 11) is 0. The molecule has 2 aromatic heterocycles. The molecule has 1 amide bonds. The van der Waals surface area contributed by atoms with Crippen LogP contribution in [0.4, 0.5) is 10.8 Å². The summed E-state index contributed by atoms with van der Waals surface area (Å²) in [6.07, 6.45) is 3.73. The first-order valence-electron chi connectivity index (χ1n) is 6.85. The van der Waals surface area contributed by atoms with E-state index >= 15 is 0 Å². The van der Waals surface area contributed by atoms with E-state index in [9.17, 15) is 4.79 Å². The van der Waals surface area contributed by atoms with Crippen molar-refractivity contribution in [2.45, 2.75) is 6.42 Å². The summed E-state index contributed by atoms with van der Waals surface area (Å²) in [5.41, 5.74) is 6.97. The molecule has 21 heavy (non-hydrogen) atoms. The number of nitrogen functional groups attached to an aromatic ring is 1. The van der Waals surface area contributed by atoms with Crippen LogP contribution in [0.5, 0.6) is 0 Å². The lowest BCUT2D eigenvalue weighted by Crippen LogP contribution is -2.49. The maximum Gasteiger partial charge on any atom is 0.228 e. The number of aromatic nitrogens is 2. The minimum Gasteiger partial charge on any atom is -0.397 e. The van der Waals surface area contributed by atoms with E-state index in [0.29, 0.717) is 12.1 Å². The average Bonchev–Trinajstić information content (AvgIpc) is 3.04. The maximum absolute atomic E-state index is 12.3. The van der Waals surface area contributed by atoms with Crippen molar-refractivity contribution in [3.63, 3.8) is 0 Å². The van der Waals surface area contributed by atoms with Gasteiger partial charge in [-0.1, -0.05) is 0 Å². The molecule has 1 fully saturated rings. The Hall–Kier alpha value is -2.15. The third kappa shape index (κ3) is 3.30. The van der Waals surface area contributed by atoms with Crippen LogP contribution in [0.25, 0.3) is 0 Å². The quantitative estimate of drug-likeness (QED) is 0.916. The SMILES string of the molecule is Nc1ccc(CC(=O)N2CCN(c3nccs3)CC2)nc1. The van der Waals surface area contributed by atoms with Crippen LogP contribution in [-0.2, 0) is 11.2 Å². The molecule has 0 spiro atoms. The van der Waals surface area contributed by atoms with E-state index < -0.39 is 0 Å². The first-order chi connectivity index (χ1) is 10.2. The van der Waals surface area contributed by atoms with Crippen LogP contribution in [-0.4, -0.2) is 47.0 Å². The summed E-state index contributed by atoms with van der Waals surface area (Å²) in [6, 6.07) is 3.58. The van der Waals surface area contributed by atoms with Gasteiger partial charge in [0, 0.05) is 43.4 Å². The summed E-state index contributed by atoms with van der Waals surface area (Å²) >= 11 is 1.63. The van der Waals surface area contributed by atoms with Gasteiger partial charge in [-0.3, -0.25) is 9.78 Å². The lowest BCUT2D eigenvalue weighted by Gasteiger charge is -2.34. The van der Waals surface area contributed by atoms with Gasteiger partial charge in [-0.25, -0.2) is 4.98 Å². The summed E-state index contributed by atoms with van der Waals surface area (Å²) in [5.74, 6) is 0.117. The van der Waals surface area contributed by atoms with Crippen molar-refractivity contribution in [3.8, 4) is 0 Å². The molecule has 0 atom stereocenters. The molecule has 7 heteroatoms. The largest absolute Gasteiger partial charge is 0.397 e. The van der Waals surface area contributed by atoms with Crippen LogP contribution in [0.2, 0.25) is 0 Å². The Balaban J connectivity index is 1.54. The fraction of sp³-hybridized carbons (Fsp3) is 0.357. The van der Waals surface area contributed by atoms with Crippen molar-refractivity contribution in [3.05, 3.63) is 35.6 Å². The first-order valence-corrected chi connectivity index (χ1v) is 7.73. The zero-order valence-electron chi connectivity index (χ0n) is 11.6. The van der Waals surface area contributed by atoms with Crippen LogP contribution >= 0.6 is 11.3 Å². The van der Waals surface area contributed by atoms with Crippen molar-refractivity contribution >= 4 is 28.1 Å². The second-order valence-corrected chi connectivity index (χ2v) is 5.82. The summed E-state index contributed by atoms with van der Waals surface area (Å²) < 4.78 is 0. The monoisotopic (exact) mass is 303 g/mol. The maximum atomic E-state index is 12.3. The number of anilines is 2. The highest BCUT2D eigenvalue weighted by molar-refractivity contribution is 7.13. The van der Waals surface area contributed by atoms with Gasteiger partial charge >= 0.3 is 0 Å². The third-order valence-electron chi connectivity index (χ3n) is 3.50. The highest BCUT2D eigenvalue weighted by atomic mass is 32.1. The molecule has 0 aliphatic carbocycles. The van der Waals surface area contributed by atoms with Crippen molar-refractivity contribution in [2.24, 2.45) is 0 Å². The van der Waals surface area contributed by atoms with E-state index in [1.165, 1.54) is 0 Å². The minimum atomic E-state index is 0.117. The standard InChI is InChI=1S/C14H17N5OS/c15-11-1-2-12(17-10-11)9-13(20)18-4-6-19(7-5-18)14-16-3-8-21-14/h1-3,8,10H,4-7,9,15H2. The summed E-state index contributed by atoms with van der Waals surface area (Å²) in [5, 5.41) is 3.00. The van der Waals surface area contributed by atoms with E-state index in [4.69, 9.17) is 5.73 Å². The minimum absolute atomic E-state index is 0.117. The number of carbonyl (C=O) groups excluding carboxylic acids is 1. The summed E-state index contributed by atoms with van der Waals surface area (Å²) in [6.45, 7) is 3.11. The number of hydrogen-bond donors (Lipinski definition) is 1. The molecule has 1 saturated heterocycles. The van der Waals surface area contributed by atoms with Gasteiger partial charge in [-0.05, 0) is 12.1 Å². The van der Waals surface area contributed by atoms with Crippen LogP contribution in [0.15, 0.2) is 29.9 Å². The number of hydrogen-bond acceptors (Lipinski definition) is 6. The molecule has 3 rings (SSSR count). The molecule has 0 radical (unpaired) electrons. The van der Waals surface area contributed by atoms with Crippen LogP contribution < -0.4 is 10.6 Å². The van der Waals surface area contributed by atoms with Gasteiger partial charge in [0.05, 0.1) is 18.3 Å². The molecular weight excluding hydrogens is 286 g/mol. The van der Waals surface area contributed by atoms with E-state index in [2.05, 4.69) is 14.9 Å². The molecule has 0 saturated carbocycles. The summed E-state index contributed by atoms with van der Waals surface area (Å²) in [4.78, 5) is 24.9. The molecule has 0 unspecified atom stereocenters. The number of rotatable bonds is 3. The fourth-order valence-corrected chi connectivity index (χ4v) is 3.02. The number of amides is 1. The second kappa shape index (κ2) is 6.09. The Kier molecular flexibility index (Phi) is 4.01. The molecule has 1 aliphatic heterocycles. The number of carbonyl (C=O) groups is 1. The van der Waals surface area contributed by atoms with Gasteiger partial charge in [-0.2, -0.15) is 0 Å². The zero-order valence-corrected chi connectivity index (χ0v) is 12.4. The Morgan fingerprint density at radius 1 is 1.24 bits per heavy atom. The highest BCUT2D eigenvalue weighted by Gasteiger charge is 2.22. The molecule has 2 aromatic rings. The van der Waals surface area contributed by atoms with Crippen molar-refractivity contribution in [2.75, 3.05) is 36.8 Å². The van der Waals surface area contributed by atoms with Crippen LogP contribution in [0, 0.1) is 0 Å². The molecule has 3 heterocycles. The third-order valence-corrected chi connectivity index (χ3v) is 4.33. The number of nitrogens with zero attached hydrogens (tertiary/aromatic N) is 4. The molecule has 2 N–H and O–H groups in total. The molecule has 0 bridgehead atoms. The van der Waals surface area contributed by atoms with E-state index in [0.717, 1.165) is 37.0 Å². The molecule has 1 aliphatic rings. The Morgan fingerprint density at radius 3 is 2.67 bits per heavy atom. The van der Waals surface area contributed by atoms with E-state index in [1.807, 2.05) is 16.5 Å². The Labute approximate surface area is 127 Å². The fourth-order valence-electron chi connectivity index (χ4n) is 2.33. The first kappa shape index (κ1) is 13.8. The van der Waals surface area contributed by atoms with Crippen molar-refractivity contribution in [1.29, 1.82) is 0 Å². The van der Waals surface area contributed by atoms with E-state index in [-0.39, 0.29) is 5.91 Å². The van der Waals surface area contributed by atoms with Gasteiger partial charge < -0.3 is 15.5 Å². The number of piperazine rings is 1. The van der Waals surface area contributed by atoms with Gasteiger partial charge in [0.25, 0.3) is 0 Å². The highest BCUT2D eigenvalue weighted by Crippen LogP contribution is 2.19. The van der Waals surface area contributed by atoms with Crippen LogP contribution in [0.1, 0.15) is 5.69 Å². The molecule has 110 valence electrons. The predicted molar refractivity (Wildman–Crippen MR) is 83.3 cm³/mol.